The van der Waals surface area contributed by atoms with Crippen LogP contribution in [-0.4, -0.2) is 12.2 Å². The van der Waals surface area contributed by atoms with E-state index in [0.29, 0.717) is 5.75 Å². The van der Waals surface area contributed by atoms with E-state index in [0.717, 1.165) is 16.9 Å². The van der Waals surface area contributed by atoms with Crippen molar-refractivity contribution in [1.29, 1.82) is 0 Å². The molecule has 2 aromatic carbocycles. The summed E-state index contributed by atoms with van der Waals surface area (Å²) in [5.41, 5.74) is 1.65. The van der Waals surface area contributed by atoms with Crippen LogP contribution >= 0.6 is 0 Å². The molecular weight excluding hydrogens is 224 g/mol. The molecule has 0 amide bonds. The zero-order chi connectivity index (χ0) is 13.2. The Labute approximate surface area is 108 Å². The van der Waals surface area contributed by atoms with Gasteiger partial charge in [-0.25, -0.2) is 0 Å². The van der Waals surface area contributed by atoms with Crippen LogP contribution in [0.15, 0.2) is 48.5 Å². The smallest absolute Gasteiger partial charge is 0.122 e. The van der Waals surface area contributed by atoms with Gasteiger partial charge >= 0.3 is 0 Å². The molecule has 94 valence electrons. The molecule has 2 rings (SSSR count). The molecule has 2 aromatic rings. The van der Waals surface area contributed by atoms with E-state index >= 15 is 0 Å². The molecule has 2 nitrogen and oxygen atoms in total. The summed E-state index contributed by atoms with van der Waals surface area (Å²) in [6.07, 6.45) is 0. The first-order chi connectivity index (χ1) is 8.57. The number of hydrogen-bond donors (Lipinski definition) is 1. The highest BCUT2D eigenvalue weighted by atomic mass is 16.5. The van der Waals surface area contributed by atoms with Gasteiger partial charge in [0.1, 0.15) is 11.5 Å². The zero-order valence-corrected chi connectivity index (χ0v) is 11.0. The number of phenols is 1. The molecule has 0 radical (unpaired) electrons. The van der Waals surface area contributed by atoms with Gasteiger partial charge in [-0.15, -0.1) is 0 Å². The molecular formula is C16H18O2. The highest BCUT2D eigenvalue weighted by Gasteiger charge is 2.28. The Balaban J connectivity index is 2.58. The summed E-state index contributed by atoms with van der Waals surface area (Å²) in [7, 11) is 1.67. The monoisotopic (exact) mass is 242 g/mol. The van der Waals surface area contributed by atoms with E-state index in [1.165, 1.54) is 0 Å². The standard InChI is InChI=1S/C16H18O2/c1-16(2,12-8-4-6-10-14(12)17)13-9-5-7-11-15(13)18-3/h4-11,17H,1-3H3. The first-order valence-corrected chi connectivity index (χ1v) is 5.99. The van der Waals surface area contributed by atoms with E-state index in [1.54, 1.807) is 13.2 Å². The van der Waals surface area contributed by atoms with Crippen LogP contribution in [0.5, 0.6) is 11.5 Å². The van der Waals surface area contributed by atoms with Gasteiger partial charge < -0.3 is 9.84 Å². The molecule has 0 saturated heterocycles. The van der Waals surface area contributed by atoms with E-state index in [4.69, 9.17) is 4.74 Å². The summed E-state index contributed by atoms with van der Waals surface area (Å²) in [6, 6.07) is 15.3. The summed E-state index contributed by atoms with van der Waals surface area (Å²) in [6.45, 7) is 4.17. The fraction of sp³-hybridized carbons (Fsp3) is 0.250. The van der Waals surface area contributed by atoms with Crippen molar-refractivity contribution in [3.05, 3.63) is 59.7 Å². The van der Waals surface area contributed by atoms with Gasteiger partial charge in [0.25, 0.3) is 0 Å². The number of ether oxygens (including phenoxy) is 1. The molecule has 0 aliphatic rings. The fourth-order valence-corrected chi connectivity index (χ4v) is 2.31. The number of para-hydroxylation sites is 2. The predicted molar refractivity (Wildman–Crippen MR) is 73.2 cm³/mol. The molecule has 0 aromatic heterocycles. The van der Waals surface area contributed by atoms with E-state index in [2.05, 4.69) is 13.8 Å². The Morgan fingerprint density at radius 2 is 1.44 bits per heavy atom. The average Bonchev–Trinajstić information content (AvgIpc) is 2.39. The van der Waals surface area contributed by atoms with E-state index in [1.807, 2.05) is 42.5 Å². The van der Waals surface area contributed by atoms with Gasteiger partial charge in [0.05, 0.1) is 7.11 Å². The Kier molecular flexibility index (Phi) is 3.28. The molecule has 0 saturated carbocycles. The van der Waals surface area contributed by atoms with Crippen molar-refractivity contribution in [3.63, 3.8) is 0 Å². The second-order valence-electron chi connectivity index (χ2n) is 4.84. The van der Waals surface area contributed by atoms with Gasteiger partial charge in [-0.2, -0.15) is 0 Å². The second kappa shape index (κ2) is 4.73. The van der Waals surface area contributed by atoms with E-state index < -0.39 is 0 Å². The van der Waals surface area contributed by atoms with E-state index in [-0.39, 0.29) is 5.41 Å². The van der Waals surface area contributed by atoms with Crippen LogP contribution in [0.1, 0.15) is 25.0 Å². The fourth-order valence-electron chi connectivity index (χ4n) is 2.31. The van der Waals surface area contributed by atoms with Crippen LogP contribution < -0.4 is 4.74 Å². The Hall–Kier alpha value is -1.96. The van der Waals surface area contributed by atoms with Crippen LogP contribution in [0.25, 0.3) is 0 Å². The van der Waals surface area contributed by atoms with Gasteiger partial charge in [-0.1, -0.05) is 50.2 Å². The normalized spacial score (nSPS) is 11.3. The highest BCUT2D eigenvalue weighted by Crippen LogP contribution is 2.40. The summed E-state index contributed by atoms with van der Waals surface area (Å²) in [5, 5.41) is 10.0. The lowest BCUT2D eigenvalue weighted by atomic mass is 9.77. The SMILES string of the molecule is COc1ccccc1C(C)(C)c1ccccc1O. The van der Waals surface area contributed by atoms with Crippen molar-refractivity contribution >= 4 is 0 Å². The van der Waals surface area contributed by atoms with Crippen molar-refractivity contribution in [2.45, 2.75) is 19.3 Å². The average molecular weight is 242 g/mol. The highest BCUT2D eigenvalue weighted by molar-refractivity contribution is 5.50. The minimum atomic E-state index is -0.308. The Bertz CT molecular complexity index is 544. The molecule has 0 spiro atoms. The number of hydrogen-bond acceptors (Lipinski definition) is 2. The third-order valence-corrected chi connectivity index (χ3v) is 3.36. The third kappa shape index (κ3) is 2.06. The first-order valence-electron chi connectivity index (χ1n) is 5.99. The van der Waals surface area contributed by atoms with Gasteiger partial charge in [0, 0.05) is 16.5 Å². The van der Waals surface area contributed by atoms with E-state index in [9.17, 15) is 5.11 Å². The number of methoxy groups -OCH3 is 1. The van der Waals surface area contributed by atoms with Crippen LogP contribution in [0.2, 0.25) is 0 Å². The lowest BCUT2D eigenvalue weighted by molar-refractivity contribution is 0.397. The maximum absolute atomic E-state index is 10.0. The lowest BCUT2D eigenvalue weighted by Crippen LogP contribution is -2.20. The minimum Gasteiger partial charge on any atom is -0.508 e. The van der Waals surface area contributed by atoms with Gasteiger partial charge in [-0.3, -0.25) is 0 Å². The summed E-state index contributed by atoms with van der Waals surface area (Å²) < 4.78 is 5.41. The zero-order valence-electron chi connectivity index (χ0n) is 11.0. The van der Waals surface area contributed by atoms with Crippen LogP contribution in [-0.2, 0) is 5.41 Å². The predicted octanol–water partition coefficient (Wildman–Crippen LogP) is 3.73. The summed E-state index contributed by atoms with van der Waals surface area (Å²) in [5.74, 6) is 1.15. The maximum atomic E-state index is 10.0. The van der Waals surface area contributed by atoms with Gasteiger partial charge in [0.15, 0.2) is 0 Å². The molecule has 2 heteroatoms. The maximum Gasteiger partial charge on any atom is 0.122 e. The number of rotatable bonds is 3. The Morgan fingerprint density at radius 3 is 2.06 bits per heavy atom. The molecule has 0 atom stereocenters. The second-order valence-corrected chi connectivity index (χ2v) is 4.84. The molecule has 0 unspecified atom stereocenters. The van der Waals surface area contributed by atoms with Crippen molar-refractivity contribution < 1.29 is 9.84 Å². The lowest BCUT2D eigenvalue weighted by Gasteiger charge is -2.28. The molecule has 0 aliphatic heterocycles. The molecule has 1 N–H and O–H groups in total. The van der Waals surface area contributed by atoms with Crippen LogP contribution in [0, 0.1) is 0 Å². The third-order valence-electron chi connectivity index (χ3n) is 3.36. The number of phenolic OH excluding ortho intramolecular Hbond substituents is 1. The molecule has 18 heavy (non-hydrogen) atoms. The van der Waals surface area contributed by atoms with Crippen LogP contribution in [0.3, 0.4) is 0 Å². The molecule has 0 aliphatic carbocycles. The Morgan fingerprint density at radius 1 is 0.889 bits per heavy atom. The molecule has 0 fully saturated rings. The van der Waals surface area contributed by atoms with Crippen LogP contribution in [0.4, 0.5) is 0 Å². The van der Waals surface area contributed by atoms with Crippen molar-refractivity contribution in [3.8, 4) is 11.5 Å². The van der Waals surface area contributed by atoms with Crippen molar-refractivity contribution in [2.24, 2.45) is 0 Å². The summed E-state index contributed by atoms with van der Waals surface area (Å²) in [4.78, 5) is 0. The summed E-state index contributed by atoms with van der Waals surface area (Å²) >= 11 is 0. The number of benzene rings is 2. The van der Waals surface area contributed by atoms with Gasteiger partial charge in [0.2, 0.25) is 0 Å². The quantitative estimate of drug-likeness (QED) is 0.888. The largest absolute Gasteiger partial charge is 0.508 e. The molecule has 0 heterocycles. The van der Waals surface area contributed by atoms with Gasteiger partial charge in [-0.05, 0) is 12.1 Å². The topological polar surface area (TPSA) is 29.5 Å². The minimum absolute atomic E-state index is 0.308. The number of aromatic hydroxyl groups is 1. The van der Waals surface area contributed by atoms with Crippen molar-refractivity contribution in [2.75, 3.05) is 7.11 Å². The van der Waals surface area contributed by atoms with Crippen molar-refractivity contribution in [1.82, 2.24) is 0 Å². The first kappa shape index (κ1) is 12.5. The molecule has 0 bridgehead atoms.